The van der Waals surface area contributed by atoms with Gasteiger partial charge in [0.2, 0.25) is 5.13 Å². The van der Waals surface area contributed by atoms with E-state index >= 15 is 0 Å². The van der Waals surface area contributed by atoms with Crippen LogP contribution in [0.25, 0.3) is 0 Å². The zero-order valence-electron chi connectivity index (χ0n) is 9.63. The second-order valence-electron chi connectivity index (χ2n) is 4.35. The van der Waals surface area contributed by atoms with Crippen LogP contribution in [-0.4, -0.2) is 14.3 Å². The third-order valence-corrected chi connectivity index (χ3v) is 3.52. The number of rotatable bonds is 4. The highest BCUT2D eigenvalue weighted by Crippen LogP contribution is 2.39. The van der Waals surface area contributed by atoms with E-state index in [1.165, 1.54) is 24.4 Å². The van der Waals surface area contributed by atoms with Crippen LogP contribution in [0.4, 0.5) is 5.13 Å². The van der Waals surface area contributed by atoms with Gasteiger partial charge in [-0.1, -0.05) is 6.07 Å². The predicted octanol–water partition coefficient (Wildman–Crippen LogP) is 2.98. The van der Waals surface area contributed by atoms with Crippen molar-refractivity contribution in [2.45, 2.75) is 31.7 Å². The van der Waals surface area contributed by atoms with Crippen molar-refractivity contribution >= 4 is 16.7 Å². The molecule has 0 bridgehead atoms. The summed E-state index contributed by atoms with van der Waals surface area (Å²) < 4.78 is 4.37. The number of nitrogens with one attached hydrogen (secondary N) is 1. The first-order valence-corrected chi connectivity index (χ1v) is 6.61. The van der Waals surface area contributed by atoms with Crippen LogP contribution < -0.4 is 5.32 Å². The molecular formula is C12H14N4S. The summed E-state index contributed by atoms with van der Waals surface area (Å²) in [6, 6.07) is 6.10. The predicted molar refractivity (Wildman–Crippen MR) is 68.2 cm³/mol. The van der Waals surface area contributed by atoms with E-state index in [-0.39, 0.29) is 6.04 Å². The monoisotopic (exact) mass is 246 g/mol. The molecule has 2 aromatic heterocycles. The smallest absolute Gasteiger partial charge is 0.203 e. The number of nitrogens with zero attached hydrogens (tertiary/aromatic N) is 3. The summed E-state index contributed by atoms with van der Waals surface area (Å²) in [5.74, 6) is 1.62. The number of hydrogen-bond acceptors (Lipinski definition) is 5. The fraction of sp³-hybridized carbons (Fsp3) is 0.417. The molecule has 2 aromatic rings. The molecule has 0 radical (unpaired) electrons. The molecule has 1 atom stereocenters. The molecule has 88 valence electrons. The third-order valence-electron chi connectivity index (χ3n) is 2.86. The number of anilines is 1. The summed E-state index contributed by atoms with van der Waals surface area (Å²) in [7, 11) is 0. The minimum atomic E-state index is 0.163. The molecule has 0 spiro atoms. The summed E-state index contributed by atoms with van der Waals surface area (Å²) in [6.07, 6.45) is 4.29. The minimum Gasteiger partial charge on any atom is -0.352 e. The van der Waals surface area contributed by atoms with Gasteiger partial charge in [0, 0.05) is 23.6 Å². The Kier molecular flexibility index (Phi) is 2.76. The van der Waals surface area contributed by atoms with Gasteiger partial charge in [-0.3, -0.25) is 4.98 Å². The van der Waals surface area contributed by atoms with Gasteiger partial charge in [-0.2, -0.15) is 4.37 Å². The number of aromatic nitrogens is 3. The van der Waals surface area contributed by atoms with Crippen molar-refractivity contribution in [3.05, 3.63) is 35.9 Å². The lowest BCUT2D eigenvalue weighted by atomic mass is 10.2. The average Bonchev–Trinajstić information content (AvgIpc) is 3.12. The van der Waals surface area contributed by atoms with Gasteiger partial charge in [0.05, 0.1) is 11.7 Å². The van der Waals surface area contributed by atoms with Gasteiger partial charge in [0.25, 0.3) is 0 Å². The summed E-state index contributed by atoms with van der Waals surface area (Å²) in [6.45, 7) is 2.08. The molecule has 0 aromatic carbocycles. The van der Waals surface area contributed by atoms with E-state index in [1.807, 2.05) is 24.4 Å². The van der Waals surface area contributed by atoms with E-state index in [1.54, 1.807) is 0 Å². The van der Waals surface area contributed by atoms with Crippen molar-refractivity contribution in [3.8, 4) is 0 Å². The standard InChI is InChI=1S/C12H14N4S/c1-8(10-4-2-3-7-13-10)14-12-15-11(16-17-12)9-5-6-9/h2-4,7-9H,5-6H2,1H3,(H,14,15,16). The molecule has 2 heterocycles. The van der Waals surface area contributed by atoms with E-state index in [9.17, 15) is 0 Å². The Balaban J connectivity index is 1.69. The average molecular weight is 246 g/mol. The zero-order valence-corrected chi connectivity index (χ0v) is 10.4. The SMILES string of the molecule is CC(Nc1nc(C2CC2)ns1)c1ccccn1. The Morgan fingerprint density at radius 1 is 1.41 bits per heavy atom. The van der Waals surface area contributed by atoms with Crippen molar-refractivity contribution in [3.63, 3.8) is 0 Å². The lowest BCUT2D eigenvalue weighted by molar-refractivity contribution is 0.834. The topological polar surface area (TPSA) is 50.7 Å². The molecule has 1 aliphatic carbocycles. The Labute approximate surface area is 104 Å². The fourth-order valence-corrected chi connectivity index (χ4v) is 2.43. The van der Waals surface area contributed by atoms with Gasteiger partial charge < -0.3 is 5.32 Å². The van der Waals surface area contributed by atoms with Crippen LogP contribution in [0, 0.1) is 0 Å². The maximum Gasteiger partial charge on any atom is 0.203 e. The maximum atomic E-state index is 4.51. The largest absolute Gasteiger partial charge is 0.352 e. The first-order valence-electron chi connectivity index (χ1n) is 5.84. The minimum absolute atomic E-state index is 0.163. The third kappa shape index (κ3) is 2.44. The van der Waals surface area contributed by atoms with Gasteiger partial charge in [0.15, 0.2) is 0 Å². The van der Waals surface area contributed by atoms with Crippen LogP contribution in [0.2, 0.25) is 0 Å². The molecule has 1 N–H and O–H groups in total. The first kappa shape index (κ1) is 10.7. The Bertz CT molecular complexity index is 492. The van der Waals surface area contributed by atoms with Gasteiger partial charge in [-0.05, 0) is 31.9 Å². The van der Waals surface area contributed by atoms with Crippen molar-refractivity contribution in [2.75, 3.05) is 5.32 Å². The number of pyridine rings is 1. The molecule has 3 rings (SSSR count). The molecule has 1 fully saturated rings. The van der Waals surface area contributed by atoms with E-state index in [4.69, 9.17) is 0 Å². The molecule has 5 heteroatoms. The summed E-state index contributed by atoms with van der Waals surface area (Å²) in [5, 5.41) is 4.24. The molecular weight excluding hydrogens is 232 g/mol. The van der Waals surface area contributed by atoms with Crippen molar-refractivity contribution in [1.29, 1.82) is 0 Å². The highest BCUT2D eigenvalue weighted by atomic mass is 32.1. The van der Waals surface area contributed by atoms with Gasteiger partial charge in [-0.15, -0.1) is 0 Å². The molecule has 0 saturated heterocycles. The second-order valence-corrected chi connectivity index (χ2v) is 5.10. The summed E-state index contributed by atoms with van der Waals surface area (Å²) in [4.78, 5) is 8.83. The van der Waals surface area contributed by atoms with Crippen LogP contribution >= 0.6 is 11.5 Å². The maximum absolute atomic E-state index is 4.51. The zero-order chi connectivity index (χ0) is 11.7. The van der Waals surface area contributed by atoms with Crippen molar-refractivity contribution in [2.24, 2.45) is 0 Å². The van der Waals surface area contributed by atoms with Crippen LogP contribution in [0.3, 0.4) is 0 Å². The summed E-state index contributed by atoms with van der Waals surface area (Å²) in [5.41, 5.74) is 1.02. The Hall–Kier alpha value is -1.49. The second kappa shape index (κ2) is 4.41. The van der Waals surface area contributed by atoms with Crippen molar-refractivity contribution < 1.29 is 0 Å². The highest BCUT2D eigenvalue weighted by Gasteiger charge is 2.27. The molecule has 1 unspecified atom stereocenters. The van der Waals surface area contributed by atoms with E-state index in [0.29, 0.717) is 5.92 Å². The van der Waals surface area contributed by atoms with Crippen LogP contribution in [0.15, 0.2) is 24.4 Å². The van der Waals surface area contributed by atoms with Crippen LogP contribution in [0.1, 0.15) is 43.2 Å². The number of hydrogen-bond donors (Lipinski definition) is 1. The molecule has 0 aliphatic heterocycles. The fourth-order valence-electron chi connectivity index (χ4n) is 1.69. The quantitative estimate of drug-likeness (QED) is 0.901. The lowest BCUT2D eigenvalue weighted by Crippen LogP contribution is -2.07. The van der Waals surface area contributed by atoms with E-state index in [0.717, 1.165) is 16.6 Å². The molecule has 17 heavy (non-hydrogen) atoms. The first-order chi connectivity index (χ1) is 8.33. The van der Waals surface area contributed by atoms with Gasteiger partial charge in [-0.25, -0.2) is 4.98 Å². The van der Waals surface area contributed by atoms with Gasteiger partial charge >= 0.3 is 0 Å². The van der Waals surface area contributed by atoms with Gasteiger partial charge in [0.1, 0.15) is 5.82 Å². The lowest BCUT2D eigenvalue weighted by Gasteiger charge is -2.11. The normalized spacial score (nSPS) is 16.8. The van der Waals surface area contributed by atoms with E-state index < -0.39 is 0 Å². The molecule has 4 nitrogen and oxygen atoms in total. The molecule has 1 aliphatic rings. The highest BCUT2D eigenvalue weighted by molar-refractivity contribution is 7.09. The molecule has 0 amide bonds. The Morgan fingerprint density at radius 2 is 2.29 bits per heavy atom. The molecule has 1 saturated carbocycles. The summed E-state index contributed by atoms with van der Waals surface area (Å²) >= 11 is 1.44. The van der Waals surface area contributed by atoms with Crippen LogP contribution in [-0.2, 0) is 0 Å². The van der Waals surface area contributed by atoms with Crippen LogP contribution in [0.5, 0.6) is 0 Å². The van der Waals surface area contributed by atoms with Crippen molar-refractivity contribution in [1.82, 2.24) is 14.3 Å². The Morgan fingerprint density at radius 3 is 3.00 bits per heavy atom. The van der Waals surface area contributed by atoms with E-state index in [2.05, 4.69) is 26.6 Å².